The van der Waals surface area contributed by atoms with E-state index >= 15 is 0 Å². The Bertz CT molecular complexity index is 1360. The number of para-hydroxylation sites is 1. The Labute approximate surface area is 197 Å². The average molecular weight is 453 g/mol. The monoisotopic (exact) mass is 452 g/mol. The molecule has 0 aliphatic heterocycles. The third kappa shape index (κ3) is 4.89. The molecule has 0 aliphatic carbocycles. The third-order valence-corrected chi connectivity index (χ3v) is 5.34. The van der Waals surface area contributed by atoms with Gasteiger partial charge in [-0.2, -0.15) is 10.2 Å². The van der Waals surface area contributed by atoms with Crippen LogP contribution in [0.2, 0.25) is 0 Å². The fourth-order valence-corrected chi connectivity index (χ4v) is 3.47. The molecule has 0 aliphatic rings. The lowest BCUT2D eigenvalue weighted by molar-refractivity contribution is -0.119. The summed E-state index contributed by atoms with van der Waals surface area (Å²) >= 11 is 0. The van der Waals surface area contributed by atoms with Crippen molar-refractivity contribution in [2.24, 2.45) is 0 Å². The molecule has 3 aromatic carbocycles. The predicted octanol–water partition coefficient (Wildman–Crippen LogP) is 4.66. The highest BCUT2D eigenvalue weighted by molar-refractivity contribution is 5.95. The van der Waals surface area contributed by atoms with Crippen molar-refractivity contribution in [2.45, 2.75) is 13.5 Å². The zero-order valence-electron chi connectivity index (χ0n) is 19.2. The van der Waals surface area contributed by atoms with Crippen LogP contribution >= 0.6 is 0 Å². The van der Waals surface area contributed by atoms with Gasteiger partial charge in [0.05, 0.1) is 18.7 Å². The second kappa shape index (κ2) is 9.88. The molecule has 0 radical (unpaired) electrons. The topological polar surface area (TPSA) is 103 Å². The number of anilines is 4. The van der Waals surface area contributed by atoms with Gasteiger partial charge in [-0.3, -0.25) is 4.79 Å². The summed E-state index contributed by atoms with van der Waals surface area (Å²) in [5.41, 5.74) is 3.96. The number of rotatable bonds is 7. The number of fused-ring (bicyclic) bond motifs is 1. The summed E-state index contributed by atoms with van der Waals surface area (Å²) < 4.78 is 5.56. The van der Waals surface area contributed by atoms with Gasteiger partial charge in [-0.15, -0.1) is 0 Å². The van der Waals surface area contributed by atoms with Crippen LogP contribution < -0.4 is 20.3 Å². The van der Waals surface area contributed by atoms with Crippen LogP contribution in [0, 0.1) is 11.3 Å². The molecule has 0 bridgehead atoms. The lowest BCUT2D eigenvalue weighted by Crippen LogP contribution is -2.19. The minimum Gasteiger partial charge on any atom is -0.494 e. The number of hydrogen-bond donors (Lipinski definition) is 2. The van der Waals surface area contributed by atoms with Crippen molar-refractivity contribution in [3.05, 3.63) is 77.9 Å². The summed E-state index contributed by atoms with van der Waals surface area (Å²) in [7, 11) is 3.51. The van der Waals surface area contributed by atoms with Crippen LogP contribution in [0.4, 0.5) is 23.1 Å². The molecule has 8 heteroatoms. The maximum Gasteiger partial charge on any atom is 0.232 e. The van der Waals surface area contributed by atoms with E-state index in [9.17, 15) is 4.79 Å². The Balaban J connectivity index is 1.72. The molecule has 170 valence electrons. The minimum atomic E-state index is -0.0676. The van der Waals surface area contributed by atoms with E-state index in [-0.39, 0.29) is 5.91 Å². The Morgan fingerprint density at radius 1 is 1.06 bits per heavy atom. The molecule has 0 spiro atoms. The van der Waals surface area contributed by atoms with Gasteiger partial charge in [0.15, 0.2) is 0 Å². The number of aromatic nitrogens is 2. The Morgan fingerprint density at radius 3 is 2.44 bits per heavy atom. The van der Waals surface area contributed by atoms with E-state index in [1.807, 2.05) is 66.5 Å². The van der Waals surface area contributed by atoms with Gasteiger partial charge in [0, 0.05) is 37.3 Å². The van der Waals surface area contributed by atoms with Crippen molar-refractivity contribution in [2.75, 3.05) is 24.4 Å². The number of ether oxygens (including phenoxy) is 1. The van der Waals surface area contributed by atoms with Gasteiger partial charge in [-0.25, -0.2) is 4.98 Å². The summed E-state index contributed by atoms with van der Waals surface area (Å²) in [5, 5.41) is 16.0. The van der Waals surface area contributed by atoms with E-state index in [0.29, 0.717) is 35.1 Å². The second-order valence-electron chi connectivity index (χ2n) is 7.68. The molecule has 2 N–H and O–H groups in total. The number of nitrogens with zero attached hydrogens (tertiary/aromatic N) is 4. The summed E-state index contributed by atoms with van der Waals surface area (Å²) in [4.78, 5) is 22.6. The number of nitrogens with one attached hydrogen (secondary N) is 2. The van der Waals surface area contributed by atoms with Crippen LogP contribution in [0.25, 0.3) is 10.9 Å². The van der Waals surface area contributed by atoms with Gasteiger partial charge in [0.1, 0.15) is 17.1 Å². The van der Waals surface area contributed by atoms with Crippen molar-refractivity contribution in [1.82, 2.24) is 15.3 Å². The van der Waals surface area contributed by atoms with Gasteiger partial charge >= 0.3 is 0 Å². The predicted molar refractivity (Wildman–Crippen MR) is 133 cm³/mol. The summed E-state index contributed by atoms with van der Waals surface area (Å²) in [6, 6.07) is 22.8. The molecule has 8 nitrogen and oxygen atoms in total. The third-order valence-electron chi connectivity index (χ3n) is 5.34. The number of carbonyl (C=O) groups excluding carboxylic acids is 1. The first-order valence-corrected chi connectivity index (χ1v) is 10.7. The quantitative estimate of drug-likeness (QED) is 0.420. The van der Waals surface area contributed by atoms with E-state index in [1.165, 1.54) is 6.92 Å². The second-order valence-corrected chi connectivity index (χ2v) is 7.68. The van der Waals surface area contributed by atoms with Crippen molar-refractivity contribution in [3.63, 3.8) is 0 Å². The normalized spacial score (nSPS) is 10.4. The van der Waals surface area contributed by atoms with E-state index in [2.05, 4.69) is 16.7 Å². The summed E-state index contributed by atoms with van der Waals surface area (Å²) in [5.74, 6) is 1.69. The van der Waals surface area contributed by atoms with Crippen LogP contribution in [0.1, 0.15) is 18.1 Å². The number of carbonyl (C=O) groups is 1. The highest BCUT2D eigenvalue weighted by Gasteiger charge is 2.15. The van der Waals surface area contributed by atoms with E-state index in [0.717, 1.165) is 22.3 Å². The van der Waals surface area contributed by atoms with Gasteiger partial charge < -0.3 is 20.3 Å². The molecule has 0 atom stereocenters. The summed E-state index contributed by atoms with van der Waals surface area (Å²) in [6.45, 7) is 1.97. The molecule has 34 heavy (non-hydrogen) atoms. The molecule has 1 heterocycles. The molecule has 4 aromatic rings. The molecule has 1 aromatic heterocycles. The lowest BCUT2D eigenvalue weighted by Gasteiger charge is -2.20. The largest absolute Gasteiger partial charge is 0.494 e. The fourth-order valence-electron chi connectivity index (χ4n) is 3.47. The number of amides is 1. The maximum absolute atomic E-state index is 11.2. The minimum absolute atomic E-state index is 0.0676. The Morgan fingerprint density at radius 2 is 1.79 bits per heavy atom. The van der Waals surface area contributed by atoms with Crippen LogP contribution in [-0.4, -0.2) is 30.0 Å². The zero-order chi connectivity index (χ0) is 24.1. The Kier molecular flexibility index (Phi) is 6.55. The van der Waals surface area contributed by atoms with Crippen molar-refractivity contribution in [3.8, 4) is 11.8 Å². The van der Waals surface area contributed by atoms with E-state index in [1.54, 1.807) is 19.2 Å². The lowest BCUT2D eigenvalue weighted by atomic mass is 10.2. The van der Waals surface area contributed by atoms with Gasteiger partial charge in [-0.05, 0) is 54.1 Å². The zero-order valence-corrected chi connectivity index (χ0v) is 19.2. The first kappa shape index (κ1) is 22.6. The summed E-state index contributed by atoms with van der Waals surface area (Å²) in [6.07, 6.45) is 0. The number of benzene rings is 3. The molecule has 0 saturated carbocycles. The van der Waals surface area contributed by atoms with Crippen LogP contribution in [0.15, 0.2) is 66.7 Å². The van der Waals surface area contributed by atoms with Crippen molar-refractivity contribution in [1.29, 1.82) is 5.26 Å². The van der Waals surface area contributed by atoms with Crippen molar-refractivity contribution < 1.29 is 9.53 Å². The van der Waals surface area contributed by atoms with E-state index < -0.39 is 0 Å². The molecule has 0 saturated heterocycles. The van der Waals surface area contributed by atoms with Gasteiger partial charge in [0.2, 0.25) is 11.9 Å². The van der Waals surface area contributed by atoms with Gasteiger partial charge in [-0.1, -0.05) is 18.2 Å². The SMILES string of the molecule is COc1cccc2c(Nc3ccc(C#N)cc3)nc(N(C)c3ccc(CNC(C)=O)cc3)nc12. The number of hydrogen-bond acceptors (Lipinski definition) is 7. The molecule has 0 fully saturated rings. The first-order chi connectivity index (χ1) is 16.5. The highest BCUT2D eigenvalue weighted by atomic mass is 16.5. The van der Waals surface area contributed by atoms with Gasteiger partial charge in [0.25, 0.3) is 0 Å². The smallest absolute Gasteiger partial charge is 0.232 e. The van der Waals surface area contributed by atoms with Crippen LogP contribution in [0.5, 0.6) is 5.75 Å². The van der Waals surface area contributed by atoms with Crippen LogP contribution in [-0.2, 0) is 11.3 Å². The van der Waals surface area contributed by atoms with Crippen LogP contribution in [0.3, 0.4) is 0 Å². The average Bonchev–Trinajstić information content (AvgIpc) is 2.87. The molecular weight excluding hydrogens is 428 g/mol. The highest BCUT2D eigenvalue weighted by Crippen LogP contribution is 2.33. The maximum atomic E-state index is 11.2. The fraction of sp³-hybridized carbons (Fsp3) is 0.154. The molecule has 0 unspecified atom stereocenters. The molecular formula is C26H24N6O2. The van der Waals surface area contributed by atoms with Crippen molar-refractivity contribution >= 4 is 40.0 Å². The number of methoxy groups -OCH3 is 1. The Hall–Kier alpha value is -4.64. The van der Waals surface area contributed by atoms with E-state index in [4.69, 9.17) is 20.0 Å². The number of nitriles is 1. The standard InChI is InChI=1S/C26H24N6O2/c1-17(33)28-16-19-9-13-21(14-10-19)32(2)26-30-24-22(5-4-6-23(24)34-3)25(31-26)29-20-11-7-18(15-27)8-12-20/h4-14H,16H2,1-3H3,(H,28,33)(H,29,30,31). The molecule has 1 amide bonds. The first-order valence-electron chi connectivity index (χ1n) is 10.7. The molecule has 4 rings (SSSR count).